The molecule has 0 aliphatic heterocycles. The van der Waals surface area contributed by atoms with E-state index in [9.17, 15) is 5.11 Å². The molecule has 0 radical (unpaired) electrons. The maximum Gasteiger partial charge on any atom is 0.278 e. The van der Waals surface area contributed by atoms with Crippen molar-refractivity contribution >= 4 is 0 Å². The van der Waals surface area contributed by atoms with Gasteiger partial charge in [-0.05, 0) is 37.0 Å². The van der Waals surface area contributed by atoms with Gasteiger partial charge in [0.2, 0.25) is 5.82 Å². The Morgan fingerprint density at radius 1 is 1.07 bits per heavy atom. The van der Waals surface area contributed by atoms with Crippen LogP contribution in [0.1, 0.15) is 29.7 Å². The van der Waals surface area contributed by atoms with E-state index < -0.39 is 5.60 Å². The van der Waals surface area contributed by atoms with E-state index in [1.54, 1.807) is 0 Å². The maximum absolute atomic E-state index is 10.3. The number of hydrogen-bond acceptors (Lipinski definition) is 5. The molecule has 1 N–H and O–H groups in total. The lowest BCUT2D eigenvalue weighted by atomic mass is 10.0. The van der Waals surface area contributed by atoms with Gasteiger partial charge in [-0.2, -0.15) is 10.1 Å². The molecule has 28 heavy (non-hydrogen) atoms. The molecule has 0 atom stereocenters. The lowest BCUT2D eigenvalue weighted by Gasteiger charge is -2.10. The van der Waals surface area contributed by atoms with Gasteiger partial charge < -0.3 is 9.63 Å². The van der Waals surface area contributed by atoms with Crippen molar-refractivity contribution in [2.24, 2.45) is 0 Å². The van der Waals surface area contributed by atoms with Crippen molar-refractivity contribution in [3.63, 3.8) is 0 Å². The molecule has 0 saturated heterocycles. The van der Waals surface area contributed by atoms with Gasteiger partial charge in [-0.15, -0.1) is 0 Å². The third-order valence-electron chi connectivity index (χ3n) is 5.18. The van der Waals surface area contributed by atoms with E-state index in [-0.39, 0.29) is 0 Å². The van der Waals surface area contributed by atoms with Crippen molar-refractivity contribution in [2.45, 2.75) is 31.9 Å². The molecule has 1 aliphatic carbocycles. The van der Waals surface area contributed by atoms with E-state index in [1.807, 2.05) is 60.1 Å². The quantitative estimate of drug-likeness (QED) is 0.574. The van der Waals surface area contributed by atoms with Crippen LogP contribution < -0.4 is 0 Å². The average molecular weight is 372 g/mol. The summed E-state index contributed by atoms with van der Waals surface area (Å²) in [5.74, 6) is 0.954. The summed E-state index contributed by atoms with van der Waals surface area (Å²) in [7, 11) is 0. The van der Waals surface area contributed by atoms with Gasteiger partial charge in [0.05, 0.1) is 12.1 Å². The van der Waals surface area contributed by atoms with Gasteiger partial charge in [0.15, 0.2) is 5.69 Å². The third-order valence-corrected chi connectivity index (χ3v) is 5.18. The second-order valence-corrected chi connectivity index (χ2v) is 7.35. The molecular weight excluding hydrogens is 352 g/mol. The van der Waals surface area contributed by atoms with Crippen LogP contribution in [-0.4, -0.2) is 25.0 Å². The van der Waals surface area contributed by atoms with Gasteiger partial charge in [-0.1, -0.05) is 59.8 Å². The lowest BCUT2D eigenvalue weighted by Crippen LogP contribution is -2.07. The first-order valence-corrected chi connectivity index (χ1v) is 9.36. The van der Waals surface area contributed by atoms with Gasteiger partial charge >= 0.3 is 0 Å². The van der Waals surface area contributed by atoms with Crippen LogP contribution in [0.3, 0.4) is 0 Å². The van der Waals surface area contributed by atoms with Crippen LogP contribution >= 0.6 is 0 Å². The molecular formula is C22H20N4O2. The van der Waals surface area contributed by atoms with Crippen LogP contribution in [0.4, 0.5) is 0 Å². The Morgan fingerprint density at radius 3 is 2.68 bits per heavy atom. The molecule has 4 aromatic rings. The number of aryl methyl sites for hydroxylation is 1. The number of nitrogens with zero attached hydrogens (tertiary/aromatic N) is 4. The fourth-order valence-electron chi connectivity index (χ4n) is 3.35. The summed E-state index contributed by atoms with van der Waals surface area (Å²) in [6.45, 7) is 2.62. The van der Waals surface area contributed by atoms with Gasteiger partial charge in [0.1, 0.15) is 0 Å². The van der Waals surface area contributed by atoms with Crippen molar-refractivity contribution in [1.29, 1.82) is 0 Å². The summed E-state index contributed by atoms with van der Waals surface area (Å²) in [5, 5.41) is 19.1. The first-order valence-electron chi connectivity index (χ1n) is 9.36. The summed E-state index contributed by atoms with van der Waals surface area (Å²) in [6, 6.07) is 19.8. The van der Waals surface area contributed by atoms with Crippen LogP contribution in [0, 0.1) is 6.92 Å². The van der Waals surface area contributed by atoms with Crippen LogP contribution in [0.15, 0.2) is 65.2 Å². The van der Waals surface area contributed by atoms with Crippen LogP contribution in [0.2, 0.25) is 0 Å². The molecule has 2 aromatic carbocycles. The second kappa shape index (κ2) is 6.42. The van der Waals surface area contributed by atoms with Gasteiger partial charge in [0.25, 0.3) is 5.89 Å². The highest BCUT2D eigenvalue weighted by Gasteiger charge is 2.42. The predicted octanol–water partition coefficient (Wildman–Crippen LogP) is 3.94. The predicted molar refractivity (Wildman–Crippen MR) is 104 cm³/mol. The molecule has 2 aromatic heterocycles. The highest BCUT2D eigenvalue weighted by Crippen LogP contribution is 2.45. The van der Waals surface area contributed by atoms with Crippen molar-refractivity contribution in [2.75, 3.05) is 0 Å². The highest BCUT2D eigenvalue weighted by atomic mass is 16.5. The normalized spacial score (nSPS) is 14.9. The molecule has 1 saturated carbocycles. The van der Waals surface area contributed by atoms with E-state index in [1.165, 1.54) is 0 Å². The largest absolute Gasteiger partial charge is 0.385 e. The Hall–Kier alpha value is -3.25. The molecule has 0 amide bonds. The standard InChI is InChI=1S/C22H20N4O2/c1-15-12-19(21-23-20(25-28-21)17-7-3-2-4-8-17)24-26(15)14-16-6-5-9-18(13-16)22(27)10-11-22/h2-9,12-13,27H,10-11,14H2,1H3. The SMILES string of the molecule is Cc1cc(-c2nc(-c3ccccc3)no2)nn1Cc1cccc(C2(O)CC2)c1. The van der Waals surface area contributed by atoms with Gasteiger partial charge in [-0.25, -0.2) is 0 Å². The van der Waals surface area contributed by atoms with Crippen molar-refractivity contribution in [1.82, 2.24) is 19.9 Å². The molecule has 6 heteroatoms. The van der Waals surface area contributed by atoms with Crippen LogP contribution in [0.5, 0.6) is 0 Å². The summed E-state index contributed by atoms with van der Waals surface area (Å²) in [4.78, 5) is 4.48. The molecule has 0 unspecified atom stereocenters. The average Bonchev–Trinajstić information content (AvgIpc) is 3.13. The van der Waals surface area contributed by atoms with Gasteiger partial charge in [0, 0.05) is 11.3 Å². The minimum atomic E-state index is -0.627. The molecule has 2 heterocycles. The topological polar surface area (TPSA) is 77.0 Å². The monoisotopic (exact) mass is 372 g/mol. The zero-order valence-corrected chi connectivity index (χ0v) is 15.5. The summed E-state index contributed by atoms with van der Waals surface area (Å²) in [6.07, 6.45) is 1.67. The van der Waals surface area contributed by atoms with Crippen LogP contribution in [-0.2, 0) is 12.1 Å². The van der Waals surface area contributed by atoms with E-state index in [4.69, 9.17) is 4.52 Å². The molecule has 0 bridgehead atoms. The van der Waals surface area contributed by atoms with E-state index in [0.29, 0.717) is 24.0 Å². The Morgan fingerprint density at radius 2 is 1.89 bits per heavy atom. The molecule has 6 nitrogen and oxygen atoms in total. The Kier molecular flexibility index (Phi) is 3.87. The second-order valence-electron chi connectivity index (χ2n) is 7.35. The summed E-state index contributed by atoms with van der Waals surface area (Å²) in [5.41, 5.74) is 4.03. The molecule has 1 fully saturated rings. The number of benzene rings is 2. The minimum absolute atomic E-state index is 0.404. The minimum Gasteiger partial charge on any atom is -0.385 e. The zero-order valence-electron chi connectivity index (χ0n) is 15.5. The van der Waals surface area contributed by atoms with Crippen LogP contribution in [0.25, 0.3) is 23.0 Å². The maximum atomic E-state index is 10.3. The smallest absolute Gasteiger partial charge is 0.278 e. The summed E-state index contributed by atoms with van der Waals surface area (Å²) >= 11 is 0. The van der Waals surface area contributed by atoms with Crippen molar-refractivity contribution in [3.8, 4) is 23.0 Å². The van der Waals surface area contributed by atoms with Crippen molar-refractivity contribution < 1.29 is 9.63 Å². The zero-order chi connectivity index (χ0) is 19.1. The van der Waals surface area contributed by atoms with Gasteiger partial charge in [-0.3, -0.25) is 4.68 Å². The number of hydrogen-bond donors (Lipinski definition) is 1. The third kappa shape index (κ3) is 3.12. The Labute approximate surface area is 162 Å². The highest BCUT2D eigenvalue weighted by molar-refractivity contribution is 5.57. The lowest BCUT2D eigenvalue weighted by molar-refractivity contribution is 0.151. The molecule has 1 aliphatic rings. The first kappa shape index (κ1) is 16.9. The summed E-state index contributed by atoms with van der Waals surface area (Å²) < 4.78 is 7.34. The first-order chi connectivity index (χ1) is 13.6. The molecule has 0 spiro atoms. The number of aliphatic hydroxyl groups is 1. The van der Waals surface area contributed by atoms with E-state index >= 15 is 0 Å². The Bertz CT molecular complexity index is 1130. The Balaban J connectivity index is 1.40. The van der Waals surface area contributed by atoms with Crippen molar-refractivity contribution in [3.05, 3.63) is 77.5 Å². The molecule has 5 rings (SSSR count). The van der Waals surface area contributed by atoms with E-state index in [0.717, 1.165) is 35.2 Å². The van der Waals surface area contributed by atoms with E-state index in [2.05, 4.69) is 27.4 Å². The number of rotatable bonds is 5. The fourth-order valence-corrected chi connectivity index (χ4v) is 3.35. The fraction of sp³-hybridized carbons (Fsp3) is 0.227. The number of aromatic nitrogens is 4. The molecule has 140 valence electrons.